The zero-order valence-electron chi connectivity index (χ0n) is 18.6. The lowest BCUT2D eigenvalue weighted by atomic mass is 9.96. The number of ether oxygens (including phenoxy) is 1. The maximum atomic E-state index is 14.5. The molecule has 7 rings (SSSR count). The van der Waals surface area contributed by atoms with Crippen molar-refractivity contribution < 1.29 is 33.3 Å². The normalized spacial score (nSPS) is 22.3. The van der Waals surface area contributed by atoms with E-state index in [9.17, 15) is 28.6 Å². The van der Waals surface area contributed by atoms with Crippen LogP contribution in [0.5, 0.6) is 0 Å². The first kappa shape index (κ1) is 21.4. The molecule has 8 nitrogen and oxygen atoms in total. The van der Waals surface area contributed by atoms with E-state index in [1.54, 1.807) is 16.7 Å². The Labute approximate surface area is 201 Å². The van der Waals surface area contributed by atoms with Crippen LogP contribution in [0.15, 0.2) is 36.4 Å². The molecule has 182 valence electrons. The summed E-state index contributed by atoms with van der Waals surface area (Å²) in [6.07, 6.45) is -1.71. The predicted molar refractivity (Wildman–Crippen MR) is 127 cm³/mol. The minimum absolute atomic E-state index is 0.0806. The highest BCUT2D eigenvalue weighted by Gasteiger charge is 2.38. The maximum Gasteiger partial charge on any atom is 0.259 e. The summed E-state index contributed by atoms with van der Waals surface area (Å²) in [5, 5.41) is 24.2. The van der Waals surface area contributed by atoms with Crippen LogP contribution >= 0.6 is 0 Å². The van der Waals surface area contributed by atoms with E-state index in [4.69, 9.17) is 4.74 Å². The van der Waals surface area contributed by atoms with E-state index in [1.165, 1.54) is 24.3 Å². The van der Waals surface area contributed by atoms with Gasteiger partial charge >= 0.3 is 0 Å². The summed E-state index contributed by atoms with van der Waals surface area (Å²) in [6, 6.07) is 8.26. The van der Waals surface area contributed by atoms with Gasteiger partial charge in [-0.05, 0) is 36.4 Å². The highest BCUT2D eigenvalue weighted by Crippen LogP contribution is 2.46. The number of H-pyrrole nitrogens is 1. The molecule has 2 aromatic heterocycles. The van der Waals surface area contributed by atoms with Gasteiger partial charge in [0, 0.05) is 39.9 Å². The van der Waals surface area contributed by atoms with Crippen LogP contribution in [0.2, 0.25) is 0 Å². The monoisotopic (exact) mass is 491 g/mol. The van der Waals surface area contributed by atoms with Crippen LogP contribution in [0.1, 0.15) is 39.8 Å². The van der Waals surface area contributed by atoms with Gasteiger partial charge in [-0.25, -0.2) is 8.78 Å². The summed E-state index contributed by atoms with van der Waals surface area (Å²) in [5.41, 5.74) is 2.16. The highest BCUT2D eigenvalue weighted by molar-refractivity contribution is 6.39. The van der Waals surface area contributed by atoms with Gasteiger partial charge in [-0.3, -0.25) is 14.9 Å². The van der Waals surface area contributed by atoms with Crippen LogP contribution in [0.25, 0.3) is 43.6 Å². The largest absolute Gasteiger partial charge is 0.394 e. The molecule has 2 aliphatic heterocycles. The molecular formula is C26H19F2N3O5. The maximum absolute atomic E-state index is 14.5. The summed E-state index contributed by atoms with van der Waals surface area (Å²) < 4.78 is 36.7. The summed E-state index contributed by atoms with van der Waals surface area (Å²) in [6.45, 7) is -0.299. The SMILES string of the molecule is O=C1NC(=O)c2c1c1c3cc(F)ccc3[nH]c1c1c2c2cc(F)ccc2n1C1CC(O)C[C@@H](CO)O1. The van der Waals surface area contributed by atoms with Crippen LogP contribution in [0.3, 0.4) is 0 Å². The van der Waals surface area contributed by atoms with E-state index in [1.807, 2.05) is 0 Å². The number of hydrogen-bond acceptors (Lipinski definition) is 5. The molecule has 3 aromatic carbocycles. The number of aliphatic hydroxyl groups is 2. The molecule has 4 heterocycles. The lowest BCUT2D eigenvalue weighted by molar-refractivity contribution is -0.138. The van der Waals surface area contributed by atoms with Crippen LogP contribution < -0.4 is 5.32 Å². The molecule has 3 atom stereocenters. The fourth-order valence-corrected chi connectivity index (χ4v) is 5.87. The molecule has 36 heavy (non-hydrogen) atoms. The second-order valence-electron chi connectivity index (χ2n) is 9.37. The number of imide groups is 1. The van der Waals surface area contributed by atoms with Crippen LogP contribution in [-0.2, 0) is 4.74 Å². The Bertz CT molecular complexity index is 1790. The standard InChI is InChI=1S/C26H19F2N3O5/c27-10-1-3-16-14(5-10)19-21-22(26(35)30-25(21)34)20-15-6-11(28)2-4-17(15)31(24(20)23(19)29-16)18-8-12(33)7-13(9-32)36-18/h1-6,12-13,18,29,32-33H,7-9H2,(H,30,34,35)/t12?,13-,18?/m0/s1. The molecular weight excluding hydrogens is 472 g/mol. The number of halogens is 2. The third-order valence-electron chi connectivity index (χ3n) is 7.24. The van der Waals surface area contributed by atoms with Gasteiger partial charge in [0.15, 0.2) is 0 Å². The molecule has 1 saturated heterocycles. The number of rotatable bonds is 2. The lowest BCUT2D eigenvalue weighted by Crippen LogP contribution is -2.35. The average molecular weight is 491 g/mol. The van der Waals surface area contributed by atoms with Crippen molar-refractivity contribution in [3.05, 3.63) is 59.2 Å². The number of carbonyl (C=O) groups excluding carboxylic acids is 2. The zero-order chi connectivity index (χ0) is 24.9. The van der Waals surface area contributed by atoms with Gasteiger partial charge in [0.25, 0.3) is 11.8 Å². The number of carbonyl (C=O) groups is 2. The second kappa shape index (κ2) is 7.33. The van der Waals surface area contributed by atoms with E-state index in [0.717, 1.165) is 0 Å². The Kier molecular flexibility index (Phi) is 4.36. The number of nitrogens with zero attached hydrogens (tertiary/aromatic N) is 1. The molecule has 2 amide bonds. The molecule has 0 spiro atoms. The number of benzene rings is 3. The van der Waals surface area contributed by atoms with E-state index in [0.29, 0.717) is 43.6 Å². The van der Waals surface area contributed by atoms with Crippen LogP contribution in [0.4, 0.5) is 8.78 Å². The Morgan fingerprint density at radius 2 is 1.67 bits per heavy atom. The van der Waals surface area contributed by atoms with Crippen molar-refractivity contribution in [1.82, 2.24) is 14.9 Å². The summed E-state index contributed by atoms with van der Waals surface area (Å²) in [7, 11) is 0. The molecule has 5 aromatic rings. The van der Waals surface area contributed by atoms with Crippen molar-refractivity contribution in [1.29, 1.82) is 0 Å². The van der Waals surface area contributed by atoms with Crippen molar-refractivity contribution in [2.24, 2.45) is 0 Å². The highest BCUT2D eigenvalue weighted by atomic mass is 19.1. The Morgan fingerprint density at radius 3 is 2.42 bits per heavy atom. The molecule has 0 bridgehead atoms. The average Bonchev–Trinajstić information content (AvgIpc) is 3.47. The fraction of sp³-hybridized carbons (Fsp3) is 0.231. The van der Waals surface area contributed by atoms with Gasteiger partial charge in [-0.15, -0.1) is 0 Å². The minimum atomic E-state index is -0.763. The van der Waals surface area contributed by atoms with Crippen LogP contribution in [0, 0.1) is 11.6 Å². The van der Waals surface area contributed by atoms with Gasteiger partial charge < -0.3 is 24.5 Å². The molecule has 0 radical (unpaired) electrons. The van der Waals surface area contributed by atoms with E-state index in [-0.39, 0.29) is 30.6 Å². The molecule has 1 fully saturated rings. The number of aromatic amines is 1. The van der Waals surface area contributed by atoms with Crippen molar-refractivity contribution in [2.45, 2.75) is 31.3 Å². The van der Waals surface area contributed by atoms with Crippen molar-refractivity contribution in [3.63, 3.8) is 0 Å². The lowest BCUT2D eigenvalue weighted by Gasteiger charge is -2.34. The second-order valence-corrected chi connectivity index (χ2v) is 9.37. The minimum Gasteiger partial charge on any atom is -0.394 e. The van der Waals surface area contributed by atoms with Crippen molar-refractivity contribution in [3.8, 4) is 0 Å². The van der Waals surface area contributed by atoms with E-state index >= 15 is 0 Å². The third kappa shape index (κ3) is 2.77. The van der Waals surface area contributed by atoms with E-state index in [2.05, 4.69) is 10.3 Å². The summed E-state index contributed by atoms with van der Waals surface area (Å²) in [4.78, 5) is 29.4. The molecule has 2 unspecified atom stereocenters. The third-order valence-corrected chi connectivity index (χ3v) is 7.24. The molecule has 2 aliphatic rings. The van der Waals surface area contributed by atoms with Crippen molar-refractivity contribution >= 4 is 55.4 Å². The van der Waals surface area contributed by atoms with Crippen LogP contribution in [-0.4, -0.2) is 50.4 Å². The fourth-order valence-electron chi connectivity index (χ4n) is 5.87. The molecule has 0 saturated carbocycles. The first-order valence-electron chi connectivity index (χ1n) is 11.6. The number of aromatic nitrogens is 2. The Morgan fingerprint density at radius 1 is 0.972 bits per heavy atom. The van der Waals surface area contributed by atoms with E-state index < -0.39 is 41.9 Å². The molecule has 0 aliphatic carbocycles. The summed E-state index contributed by atoms with van der Waals surface area (Å²) >= 11 is 0. The van der Waals surface area contributed by atoms with Gasteiger partial charge in [0.1, 0.15) is 17.9 Å². The van der Waals surface area contributed by atoms with Gasteiger partial charge in [0.2, 0.25) is 0 Å². The number of aliphatic hydroxyl groups excluding tert-OH is 2. The molecule has 4 N–H and O–H groups in total. The smallest absolute Gasteiger partial charge is 0.259 e. The first-order valence-corrected chi connectivity index (χ1v) is 11.6. The number of fused-ring (bicyclic) bond motifs is 10. The number of amides is 2. The van der Waals surface area contributed by atoms with Gasteiger partial charge in [0.05, 0.1) is 46.5 Å². The predicted octanol–water partition coefficient (Wildman–Crippen LogP) is 3.62. The molecule has 10 heteroatoms. The topological polar surface area (TPSA) is 117 Å². The zero-order valence-corrected chi connectivity index (χ0v) is 18.6. The summed E-state index contributed by atoms with van der Waals surface area (Å²) in [5.74, 6) is -2.28. The number of nitrogens with one attached hydrogen (secondary N) is 2. The quantitative estimate of drug-likeness (QED) is 0.282. The number of hydrogen-bond donors (Lipinski definition) is 4. The van der Waals surface area contributed by atoms with Gasteiger partial charge in [-0.1, -0.05) is 0 Å². The Balaban J connectivity index is 1.72. The van der Waals surface area contributed by atoms with Gasteiger partial charge in [-0.2, -0.15) is 0 Å². The van der Waals surface area contributed by atoms with Crippen molar-refractivity contribution in [2.75, 3.05) is 6.61 Å². The Hall–Kier alpha value is -3.86. The first-order chi connectivity index (χ1) is 17.4.